The highest BCUT2D eigenvalue weighted by Gasteiger charge is 2.15. The summed E-state index contributed by atoms with van der Waals surface area (Å²) in [6, 6.07) is 7.21. The van der Waals surface area contributed by atoms with Crippen LogP contribution in [-0.2, 0) is 6.42 Å². The van der Waals surface area contributed by atoms with Gasteiger partial charge in [-0.1, -0.05) is 13.0 Å². The highest BCUT2D eigenvalue weighted by atomic mass is 19.1. The van der Waals surface area contributed by atoms with E-state index < -0.39 is 0 Å². The van der Waals surface area contributed by atoms with Crippen molar-refractivity contribution in [2.24, 2.45) is 0 Å². The van der Waals surface area contributed by atoms with Gasteiger partial charge >= 0.3 is 0 Å². The fourth-order valence-corrected chi connectivity index (χ4v) is 2.49. The molecule has 1 atom stereocenters. The average molecular weight is 272 g/mol. The molecular formula is C17H21FN2. The molecule has 0 aliphatic rings. The fraction of sp³-hybridized carbons (Fsp3) is 0.353. The molecule has 1 aromatic heterocycles. The number of likely N-dealkylation sites (N-methyl/N-ethyl adjacent to an activating group) is 1. The molecule has 2 aromatic rings. The first kappa shape index (κ1) is 14.7. The molecule has 0 aliphatic carbocycles. The van der Waals surface area contributed by atoms with Gasteiger partial charge in [0.2, 0.25) is 0 Å². The van der Waals surface area contributed by atoms with Gasteiger partial charge in [-0.05, 0) is 67.3 Å². The third kappa shape index (κ3) is 3.42. The zero-order chi connectivity index (χ0) is 14.5. The van der Waals surface area contributed by atoms with Crippen molar-refractivity contribution in [3.05, 3.63) is 64.7 Å². The third-order valence-electron chi connectivity index (χ3n) is 3.62. The van der Waals surface area contributed by atoms with E-state index in [0.717, 1.165) is 29.7 Å². The van der Waals surface area contributed by atoms with E-state index >= 15 is 0 Å². The van der Waals surface area contributed by atoms with Crippen molar-refractivity contribution in [1.29, 1.82) is 0 Å². The standard InChI is InChI=1S/C17H21FN2/c1-4-20-17(16-7-8-19-11-13(16)3)10-14-9-15(18)6-5-12(14)2/h5-9,11,17,20H,4,10H2,1-3H3. The van der Waals surface area contributed by atoms with Crippen LogP contribution < -0.4 is 5.32 Å². The second kappa shape index (κ2) is 6.62. The predicted molar refractivity (Wildman–Crippen MR) is 80.2 cm³/mol. The van der Waals surface area contributed by atoms with Crippen LogP contribution in [0.25, 0.3) is 0 Å². The number of rotatable bonds is 5. The third-order valence-corrected chi connectivity index (χ3v) is 3.62. The van der Waals surface area contributed by atoms with E-state index in [4.69, 9.17) is 0 Å². The minimum atomic E-state index is -0.174. The summed E-state index contributed by atoms with van der Waals surface area (Å²) in [5.74, 6) is -0.174. The molecule has 0 aliphatic heterocycles. The zero-order valence-corrected chi connectivity index (χ0v) is 12.3. The average Bonchev–Trinajstić information content (AvgIpc) is 2.43. The molecule has 20 heavy (non-hydrogen) atoms. The Morgan fingerprint density at radius 1 is 1.20 bits per heavy atom. The van der Waals surface area contributed by atoms with Gasteiger partial charge < -0.3 is 5.32 Å². The van der Waals surface area contributed by atoms with Crippen LogP contribution >= 0.6 is 0 Å². The Balaban J connectivity index is 2.30. The molecule has 1 aromatic carbocycles. The molecule has 0 saturated carbocycles. The van der Waals surface area contributed by atoms with E-state index in [1.165, 1.54) is 11.6 Å². The first-order chi connectivity index (χ1) is 9.61. The topological polar surface area (TPSA) is 24.9 Å². The van der Waals surface area contributed by atoms with E-state index in [-0.39, 0.29) is 11.9 Å². The van der Waals surface area contributed by atoms with Crippen molar-refractivity contribution in [3.63, 3.8) is 0 Å². The number of aryl methyl sites for hydroxylation is 2. The van der Waals surface area contributed by atoms with Gasteiger partial charge in [-0.2, -0.15) is 0 Å². The van der Waals surface area contributed by atoms with Gasteiger partial charge in [0.15, 0.2) is 0 Å². The monoisotopic (exact) mass is 272 g/mol. The summed E-state index contributed by atoms with van der Waals surface area (Å²) in [5, 5.41) is 3.48. The van der Waals surface area contributed by atoms with Crippen LogP contribution in [0.4, 0.5) is 4.39 Å². The summed E-state index contributed by atoms with van der Waals surface area (Å²) in [7, 11) is 0. The van der Waals surface area contributed by atoms with E-state index in [9.17, 15) is 4.39 Å². The molecule has 0 fully saturated rings. The van der Waals surface area contributed by atoms with Gasteiger partial charge in [0.25, 0.3) is 0 Å². The van der Waals surface area contributed by atoms with Crippen LogP contribution in [0, 0.1) is 19.7 Å². The molecule has 1 N–H and O–H groups in total. The van der Waals surface area contributed by atoms with Crippen molar-refractivity contribution >= 4 is 0 Å². The highest BCUT2D eigenvalue weighted by molar-refractivity contribution is 5.32. The lowest BCUT2D eigenvalue weighted by Gasteiger charge is -2.21. The second-order valence-electron chi connectivity index (χ2n) is 5.12. The molecule has 0 bridgehead atoms. The summed E-state index contributed by atoms with van der Waals surface area (Å²) in [4.78, 5) is 4.14. The summed E-state index contributed by atoms with van der Waals surface area (Å²) < 4.78 is 13.4. The molecule has 0 saturated heterocycles. The Labute approximate surface area is 120 Å². The lowest BCUT2D eigenvalue weighted by molar-refractivity contribution is 0.542. The molecule has 1 unspecified atom stereocenters. The van der Waals surface area contributed by atoms with Gasteiger partial charge in [0.1, 0.15) is 5.82 Å². The molecule has 1 heterocycles. The number of nitrogens with one attached hydrogen (secondary N) is 1. The van der Waals surface area contributed by atoms with Crippen molar-refractivity contribution in [2.45, 2.75) is 33.2 Å². The maximum Gasteiger partial charge on any atom is 0.123 e. The molecule has 0 amide bonds. The SMILES string of the molecule is CCNC(Cc1cc(F)ccc1C)c1ccncc1C. The lowest BCUT2D eigenvalue weighted by atomic mass is 9.94. The van der Waals surface area contributed by atoms with Crippen LogP contribution in [0.3, 0.4) is 0 Å². The first-order valence-corrected chi connectivity index (χ1v) is 7.00. The maximum absolute atomic E-state index is 13.4. The zero-order valence-electron chi connectivity index (χ0n) is 12.3. The van der Waals surface area contributed by atoms with Crippen LogP contribution in [-0.4, -0.2) is 11.5 Å². The highest BCUT2D eigenvalue weighted by Crippen LogP contribution is 2.23. The quantitative estimate of drug-likeness (QED) is 0.897. The van der Waals surface area contributed by atoms with Gasteiger partial charge in [0, 0.05) is 18.4 Å². The fourth-order valence-electron chi connectivity index (χ4n) is 2.49. The molecule has 106 valence electrons. The summed E-state index contributed by atoms with van der Waals surface area (Å²) in [6.45, 7) is 7.05. The minimum Gasteiger partial charge on any atom is -0.310 e. The van der Waals surface area contributed by atoms with Gasteiger partial charge in [-0.25, -0.2) is 4.39 Å². The van der Waals surface area contributed by atoms with E-state index in [2.05, 4.69) is 24.1 Å². The van der Waals surface area contributed by atoms with Crippen molar-refractivity contribution in [3.8, 4) is 0 Å². The molecular weight excluding hydrogens is 251 g/mol. The van der Waals surface area contributed by atoms with E-state index in [1.54, 1.807) is 6.07 Å². The number of hydrogen-bond donors (Lipinski definition) is 1. The van der Waals surface area contributed by atoms with Crippen LogP contribution in [0.1, 0.15) is 35.2 Å². The Bertz CT molecular complexity index is 581. The number of pyridine rings is 1. The van der Waals surface area contributed by atoms with Gasteiger partial charge in [-0.15, -0.1) is 0 Å². The maximum atomic E-state index is 13.4. The van der Waals surface area contributed by atoms with Crippen LogP contribution in [0.5, 0.6) is 0 Å². The number of benzene rings is 1. The number of aromatic nitrogens is 1. The van der Waals surface area contributed by atoms with Crippen molar-refractivity contribution < 1.29 is 4.39 Å². The molecule has 0 spiro atoms. The summed E-state index contributed by atoms with van der Waals surface area (Å²) in [5.41, 5.74) is 4.56. The molecule has 2 rings (SSSR count). The largest absolute Gasteiger partial charge is 0.310 e. The van der Waals surface area contributed by atoms with E-state index in [1.807, 2.05) is 31.5 Å². The predicted octanol–water partition coefficient (Wildman–Crippen LogP) is 3.73. The summed E-state index contributed by atoms with van der Waals surface area (Å²) >= 11 is 0. The molecule has 3 heteroatoms. The van der Waals surface area contributed by atoms with Crippen LogP contribution in [0.2, 0.25) is 0 Å². The Hall–Kier alpha value is -1.74. The van der Waals surface area contributed by atoms with Crippen molar-refractivity contribution in [1.82, 2.24) is 10.3 Å². The number of hydrogen-bond acceptors (Lipinski definition) is 2. The Morgan fingerprint density at radius 2 is 2.00 bits per heavy atom. The normalized spacial score (nSPS) is 12.4. The first-order valence-electron chi connectivity index (χ1n) is 7.00. The van der Waals surface area contributed by atoms with Crippen molar-refractivity contribution in [2.75, 3.05) is 6.54 Å². The van der Waals surface area contributed by atoms with E-state index in [0.29, 0.717) is 0 Å². The molecule has 0 radical (unpaired) electrons. The van der Waals surface area contributed by atoms with Gasteiger partial charge in [0.05, 0.1) is 0 Å². The summed E-state index contributed by atoms with van der Waals surface area (Å²) in [6.07, 6.45) is 4.46. The van der Waals surface area contributed by atoms with Gasteiger partial charge in [-0.3, -0.25) is 4.98 Å². The molecule has 2 nitrogen and oxygen atoms in total. The lowest BCUT2D eigenvalue weighted by Crippen LogP contribution is -2.24. The van der Waals surface area contributed by atoms with Crippen LogP contribution in [0.15, 0.2) is 36.7 Å². The second-order valence-corrected chi connectivity index (χ2v) is 5.12. The number of halogens is 1. The Morgan fingerprint density at radius 3 is 2.70 bits per heavy atom. The smallest absolute Gasteiger partial charge is 0.123 e. The number of nitrogens with zero attached hydrogens (tertiary/aromatic N) is 1. The minimum absolute atomic E-state index is 0.174. The Kier molecular flexibility index (Phi) is 4.85.